The van der Waals surface area contributed by atoms with Crippen LogP contribution in [-0.4, -0.2) is 63.9 Å². The van der Waals surface area contributed by atoms with E-state index in [0.29, 0.717) is 18.6 Å². The summed E-state index contributed by atoms with van der Waals surface area (Å²) < 4.78 is 7.59. The first-order chi connectivity index (χ1) is 12.8. The number of aromatic nitrogens is 3. The monoisotopic (exact) mass is 370 g/mol. The maximum atomic E-state index is 5.74. The van der Waals surface area contributed by atoms with Gasteiger partial charge in [0.1, 0.15) is 0 Å². The Bertz CT molecular complexity index is 839. The predicted molar refractivity (Wildman–Crippen MR) is 101 cm³/mol. The molecule has 2 fully saturated rings. The van der Waals surface area contributed by atoms with Crippen molar-refractivity contribution in [2.24, 2.45) is 12.0 Å². The molecule has 5 heterocycles. The van der Waals surface area contributed by atoms with Gasteiger partial charge in [-0.3, -0.25) is 14.6 Å². The van der Waals surface area contributed by atoms with Gasteiger partial charge in [-0.1, -0.05) is 0 Å². The maximum Gasteiger partial charge on any atom is 0.162 e. The van der Waals surface area contributed by atoms with Crippen LogP contribution in [0.5, 0.6) is 0 Å². The number of fused-ring (bicyclic) bond motifs is 2. The van der Waals surface area contributed by atoms with Gasteiger partial charge in [-0.2, -0.15) is 5.10 Å². The zero-order chi connectivity index (χ0) is 17.5. The third-order valence-corrected chi connectivity index (χ3v) is 6.20. The number of nitrogens with one attached hydrogen (secondary N) is 1. The number of rotatable bonds is 4. The van der Waals surface area contributed by atoms with Crippen LogP contribution in [0.3, 0.4) is 0 Å². The van der Waals surface area contributed by atoms with Gasteiger partial charge in [0.05, 0.1) is 25.5 Å². The Morgan fingerprint density at radius 3 is 2.85 bits per heavy atom. The highest BCUT2D eigenvalue weighted by atomic mass is 32.1. The Morgan fingerprint density at radius 2 is 2.15 bits per heavy atom. The average molecular weight is 370 g/mol. The summed E-state index contributed by atoms with van der Waals surface area (Å²) in [6, 6.07) is 3.11. The summed E-state index contributed by atoms with van der Waals surface area (Å²) in [5.74, 6) is 0.871. The Kier molecular flexibility index (Phi) is 4.11. The van der Waals surface area contributed by atoms with Crippen molar-refractivity contribution in [2.75, 3.05) is 26.3 Å². The first kappa shape index (κ1) is 16.2. The predicted octanol–water partition coefficient (Wildman–Crippen LogP) is 1.50. The number of morpholine rings is 1. The fourth-order valence-electron chi connectivity index (χ4n) is 4.07. The molecule has 0 saturated carbocycles. The highest BCUT2D eigenvalue weighted by Crippen LogP contribution is 2.31. The quantitative estimate of drug-likeness (QED) is 0.883. The summed E-state index contributed by atoms with van der Waals surface area (Å²) in [6.07, 6.45) is 6.26. The molecule has 2 unspecified atom stereocenters. The fourth-order valence-corrected chi connectivity index (χ4v) is 4.67. The summed E-state index contributed by atoms with van der Waals surface area (Å²) in [5, 5.41) is 11.1. The molecular formula is C18H22N6OS. The SMILES string of the molecule is Cn1ccc(C2=C(CN3C4CCC3COC4)NC(c3nccs3)=NC2)n1. The van der Waals surface area contributed by atoms with E-state index in [9.17, 15) is 0 Å². The van der Waals surface area contributed by atoms with Crippen LogP contribution in [0.2, 0.25) is 0 Å². The molecule has 26 heavy (non-hydrogen) atoms. The molecule has 0 radical (unpaired) electrons. The van der Waals surface area contributed by atoms with Gasteiger partial charge in [-0.15, -0.1) is 11.3 Å². The molecule has 7 nitrogen and oxygen atoms in total. The minimum Gasteiger partial charge on any atom is -0.378 e. The minimum atomic E-state index is 0.523. The van der Waals surface area contributed by atoms with Gasteiger partial charge >= 0.3 is 0 Å². The Balaban J connectivity index is 1.46. The minimum absolute atomic E-state index is 0.523. The summed E-state index contributed by atoms with van der Waals surface area (Å²) in [6.45, 7) is 3.20. The lowest BCUT2D eigenvalue weighted by atomic mass is 10.1. The van der Waals surface area contributed by atoms with Crippen LogP contribution in [0.4, 0.5) is 0 Å². The van der Waals surface area contributed by atoms with E-state index < -0.39 is 0 Å². The van der Waals surface area contributed by atoms with Gasteiger partial charge in [0.25, 0.3) is 0 Å². The highest BCUT2D eigenvalue weighted by Gasteiger charge is 2.38. The van der Waals surface area contributed by atoms with Crippen LogP contribution in [0, 0.1) is 0 Å². The second kappa shape index (κ2) is 6.61. The molecule has 8 heteroatoms. The number of amidine groups is 1. The van der Waals surface area contributed by atoms with Crippen molar-refractivity contribution in [1.29, 1.82) is 0 Å². The third-order valence-electron chi connectivity index (χ3n) is 5.42. The van der Waals surface area contributed by atoms with Crippen LogP contribution in [0.25, 0.3) is 5.57 Å². The molecule has 0 aliphatic carbocycles. The van der Waals surface area contributed by atoms with Crippen LogP contribution in [0.15, 0.2) is 34.5 Å². The van der Waals surface area contributed by atoms with Crippen molar-refractivity contribution in [3.8, 4) is 0 Å². The molecule has 5 rings (SSSR count). The van der Waals surface area contributed by atoms with Gasteiger partial charge in [0.2, 0.25) is 0 Å². The number of aryl methyl sites for hydroxylation is 1. The third kappa shape index (κ3) is 2.87. The molecule has 2 saturated heterocycles. The molecule has 0 amide bonds. The molecule has 0 spiro atoms. The van der Waals surface area contributed by atoms with E-state index in [1.807, 2.05) is 29.5 Å². The van der Waals surface area contributed by atoms with Gasteiger partial charge in [0, 0.05) is 54.7 Å². The number of hydrogen-bond donors (Lipinski definition) is 1. The van der Waals surface area contributed by atoms with Gasteiger partial charge in [-0.05, 0) is 18.9 Å². The van der Waals surface area contributed by atoms with E-state index in [1.54, 1.807) is 11.3 Å². The van der Waals surface area contributed by atoms with E-state index in [2.05, 4.69) is 26.4 Å². The van der Waals surface area contributed by atoms with E-state index in [1.165, 1.54) is 24.1 Å². The zero-order valence-electron chi connectivity index (χ0n) is 14.8. The van der Waals surface area contributed by atoms with Crippen LogP contribution in [-0.2, 0) is 11.8 Å². The second-order valence-electron chi connectivity index (χ2n) is 7.05. The maximum absolute atomic E-state index is 5.74. The van der Waals surface area contributed by atoms with Crippen molar-refractivity contribution < 1.29 is 4.74 Å². The van der Waals surface area contributed by atoms with Crippen LogP contribution in [0.1, 0.15) is 23.5 Å². The lowest BCUT2D eigenvalue weighted by Gasteiger charge is -2.36. The van der Waals surface area contributed by atoms with Crippen molar-refractivity contribution >= 4 is 22.7 Å². The van der Waals surface area contributed by atoms with Crippen LogP contribution >= 0.6 is 11.3 Å². The number of ether oxygens (including phenoxy) is 1. The Morgan fingerprint density at radius 1 is 1.31 bits per heavy atom. The lowest BCUT2D eigenvalue weighted by Crippen LogP contribution is -2.48. The first-order valence-electron chi connectivity index (χ1n) is 9.05. The summed E-state index contributed by atoms with van der Waals surface area (Å²) in [7, 11) is 1.95. The number of hydrogen-bond acceptors (Lipinski definition) is 7. The Hall–Kier alpha value is -2.03. The van der Waals surface area contributed by atoms with E-state index in [0.717, 1.165) is 36.3 Å². The molecule has 2 atom stereocenters. The van der Waals surface area contributed by atoms with Crippen molar-refractivity contribution in [2.45, 2.75) is 24.9 Å². The number of nitrogens with zero attached hydrogens (tertiary/aromatic N) is 5. The smallest absolute Gasteiger partial charge is 0.162 e. The number of thiazole rings is 1. The normalized spacial score (nSPS) is 26.1. The fraction of sp³-hybridized carbons (Fsp3) is 0.500. The van der Waals surface area contributed by atoms with Gasteiger partial charge in [0.15, 0.2) is 10.8 Å². The van der Waals surface area contributed by atoms with Crippen LogP contribution < -0.4 is 5.32 Å². The molecule has 136 valence electrons. The topological polar surface area (TPSA) is 67.6 Å². The molecule has 3 aliphatic heterocycles. The molecular weight excluding hydrogens is 348 g/mol. The first-order valence-corrected chi connectivity index (χ1v) is 9.93. The molecule has 3 aliphatic rings. The van der Waals surface area contributed by atoms with Crippen molar-refractivity contribution in [3.63, 3.8) is 0 Å². The van der Waals surface area contributed by atoms with E-state index in [-0.39, 0.29) is 0 Å². The molecule has 2 bridgehead atoms. The highest BCUT2D eigenvalue weighted by molar-refractivity contribution is 7.11. The Labute approximate surface area is 156 Å². The standard InChI is InChI=1S/C18H22N6OS/c1-23-6-4-15(22-23)14-8-20-17(18-19-5-7-26-18)21-16(14)9-24-12-2-3-13(24)11-25-10-12/h4-7,12-13H,2-3,8-11H2,1H3,(H,20,21). The lowest BCUT2D eigenvalue weighted by molar-refractivity contribution is -0.0100. The molecule has 2 aromatic heterocycles. The van der Waals surface area contributed by atoms with E-state index >= 15 is 0 Å². The van der Waals surface area contributed by atoms with Gasteiger partial charge < -0.3 is 10.1 Å². The summed E-state index contributed by atoms with van der Waals surface area (Å²) in [4.78, 5) is 11.8. The molecule has 0 aromatic carbocycles. The molecule has 2 aromatic rings. The molecule has 1 N–H and O–H groups in total. The van der Waals surface area contributed by atoms with E-state index in [4.69, 9.17) is 9.73 Å². The average Bonchev–Trinajstić information content (AvgIpc) is 3.36. The zero-order valence-corrected chi connectivity index (χ0v) is 15.6. The van der Waals surface area contributed by atoms with Crippen molar-refractivity contribution in [3.05, 3.63) is 40.2 Å². The van der Waals surface area contributed by atoms with Crippen molar-refractivity contribution in [1.82, 2.24) is 25.0 Å². The summed E-state index contributed by atoms with van der Waals surface area (Å²) in [5.41, 5.74) is 3.37. The summed E-state index contributed by atoms with van der Waals surface area (Å²) >= 11 is 1.61. The second-order valence-corrected chi connectivity index (χ2v) is 7.95. The van der Waals surface area contributed by atoms with Gasteiger partial charge in [-0.25, -0.2) is 4.98 Å². The number of aliphatic imine (C=N–C) groups is 1. The largest absolute Gasteiger partial charge is 0.378 e.